The van der Waals surface area contributed by atoms with Crippen LogP contribution in [-0.4, -0.2) is 34.6 Å². The smallest absolute Gasteiger partial charge is 0.321 e. The summed E-state index contributed by atoms with van der Waals surface area (Å²) in [6.07, 6.45) is 4.78. The standard InChI is InChI=1S/C21H21ClN4O/c22-16-8-9-19(20(14-16)25-11-4-5-12-25)24-21(27)26-13-10-18(15-26)23-17-6-2-1-3-7-17/h1-9,11-12,14,18,23H,10,13,15H2,(H,24,27)/t18-/m0/s1. The summed E-state index contributed by atoms with van der Waals surface area (Å²) in [5.74, 6) is 0. The molecule has 2 heterocycles. The van der Waals surface area contributed by atoms with Crippen molar-refractivity contribution in [3.63, 3.8) is 0 Å². The van der Waals surface area contributed by atoms with E-state index in [9.17, 15) is 4.79 Å². The Kier molecular flexibility index (Phi) is 5.03. The number of urea groups is 1. The van der Waals surface area contributed by atoms with Gasteiger partial charge in [-0.15, -0.1) is 0 Å². The second kappa shape index (κ2) is 7.76. The fourth-order valence-electron chi connectivity index (χ4n) is 3.35. The summed E-state index contributed by atoms with van der Waals surface area (Å²) in [4.78, 5) is 14.6. The number of rotatable bonds is 4. The molecule has 0 aliphatic carbocycles. The van der Waals surface area contributed by atoms with Crippen LogP contribution in [0.25, 0.3) is 5.69 Å². The first-order valence-electron chi connectivity index (χ1n) is 8.99. The van der Waals surface area contributed by atoms with Crippen molar-refractivity contribution in [2.45, 2.75) is 12.5 Å². The van der Waals surface area contributed by atoms with Crippen LogP contribution in [0.3, 0.4) is 0 Å². The van der Waals surface area contributed by atoms with Gasteiger partial charge >= 0.3 is 6.03 Å². The van der Waals surface area contributed by atoms with E-state index in [1.807, 2.05) is 76.5 Å². The van der Waals surface area contributed by atoms with Gasteiger partial charge in [-0.2, -0.15) is 0 Å². The van der Waals surface area contributed by atoms with E-state index in [1.165, 1.54) is 0 Å². The highest BCUT2D eigenvalue weighted by Gasteiger charge is 2.26. The number of aromatic nitrogens is 1. The monoisotopic (exact) mass is 380 g/mol. The van der Waals surface area contributed by atoms with Crippen LogP contribution in [0.4, 0.5) is 16.2 Å². The van der Waals surface area contributed by atoms with Crippen LogP contribution < -0.4 is 10.6 Å². The number of anilines is 2. The first-order chi connectivity index (χ1) is 13.2. The van der Waals surface area contributed by atoms with Crippen molar-refractivity contribution in [3.8, 4) is 5.69 Å². The lowest BCUT2D eigenvalue weighted by atomic mass is 10.2. The third kappa shape index (κ3) is 4.09. The van der Waals surface area contributed by atoms with Gasteiger partial charge in [0, 0.05) is 42.2 Å². The fourth-order valence-corrected chi connectivity index (χ4v) is 3.51. The molecule has 2 aromatic carbocycles. The zero-order chi connectivity index (χ0) is 18.6. The third-order valence-corrected chi connectivity index (χ3v) is 4.94. The van der Waals surface area contributed by atoms with E-state index in [0.29, 0.717) is 11.6 Å². The van der Waals surface area contributed by atoms with Crippen LogP contribution >= 0.6 is 11.6 Å². The number of hydrogen-bond acceptors (Lipinski definition) is 2. The van der Waals surface area contributed by atoms with Gasteiger partial charge in [0.15, 0.2) is 0 Å². The van der Waals surface area contributed by atoms with E-state index in [1.54, 1.807) is 6.07 Å². The lowest BCUT2D eigenvalue weighted by Crippen LogP contribution is -2.35. The maximum Gasteiger partial charge on any atom is 0.321 e. The second-order valence-corrected chi connectivity index (χ2v) is 7.06. The molecule has 1 aliphatic heterocycles. The van der Waals surface area contributed by atoms with Crippen molar-refractivity contribution in [3.05, 3.63) is 78.1 Å². The summed E-state index contributed by atoms with van der Waals surface area (Å²) in [5, 5.41) is 7.15. The summed E-state index contributed by atoms with van der Waals surface area (Å²) in [6.45, 7) is 1.40. The Labute approximate surface area is 163 Å². The van der Waals surface area contributed by atoms with Crippen molar-refractivity contribution in [2.24, 2.45) is 0 Å². The molecule has 2 N–H and O–H groups in total. The van der Waals surface area contributed by atoms with Crippen molar-refractivity contribution < 1.29 is 4.79 Å². The Balaban J connectivity index is 1.43. The van der Waals surface area contributed by atoms with Crippen LogP contribution in [0.5, 0.6) is 0 Å². The average Bonchev–Trinajstić information content (AvgIpc) is 3.36. The molecule has 0 unspecified atom stereocenters. The van der Waals surface area contributed by atoms with Gasteiger partial charge in [0.25, 0.3) is 0 Å². The summed E-state index contributed by atoms with van der Waals surface area (Å²) in [6, 6.07) is 19.6. The van der Waals surface area contributed by atoms with Crippen LogP contribution in [-0.2, 0) is 0 Å². The van der Waals surface area contributed by atoms with Crippen molar-refractivity contribution >= 4 is 29.0 Å². The highest BCUT2D eigenvalue weighted by molar-refractivity contribution is 6.30. The molecular weight excluding hydrogens is 360 g/mol. The molecule has 5 nitrogen and oxygen atoms in total. The van der Waals surface area contributed by atoms with Crippen molar-refractivity contribution in [2.75, 3.05) is 23.7 Å². The number of para-hydroxylation sites is 1. The molecular formula is C21H21ClN4O. The molecule has 4 rings (SSSR count). The average molecular weight is 381 g/mol. The zero-order valence-electron chi connectivity index (χ0n) is 14.8. The van der Waals surface area contributed by atoms with Crippen LogP contribution in [0.15, 0.2) is 73.1 Å². The first kappa shape index (κ1) is 17.5. The number of halogens is 1. The number of likely N-dealkylation sites (tertiary alicyclic amines) is 1. The lowest BCUT2D eigenvalue weighted by Gasteiger charge is -2.20. The second-order valence-electron chi connectivity index (χ2n) is 6.62. The van der Waals surface area contributed by atoms with Gasteiger partial charge in [0.2, 0.25) is 0 Å². The molecule has 0 radical (unpaired) electrons. The summed E-state index contributed by atoms with van der Waals surface area (Å²) in [7, 11) is 0. The minimum atomic E-state index is -0.0944. The molecule has 1 fully saturated rings. The molecule has 138 valence electrons. The van der Waals surface area contributed by atoms with Gasteiger partial charge in [-0.1, -0.05) is 29.8 Å². The summed E-state index contributed by atoms with van der Waals surface area (Å²) < 4.78 is 1.94. The highest BCUT2D eigenvalue weighted by atomic mass is 35.5. The quantitative estimate of drug-likeness (QED) is 0.679. The van der Waals surface area contributed by atoms with E-state index in [0.717, 1.165) is 30.0 Å². The van der Waals surface area contributed by atoms with Gasteiger partial charge in [0.1, 0.15) is 0 Å². The Bertz CT molecular complexity index is 911. The van der Waals surface area contributed by atoms with Gasteiger partial charge in [-0.3, -0.25) is 0 Å². The molecule has 27 heavy (non-hydrogen) atoms. The highest BCUT2D eigenvalue weighted by Crippen LogP contribution is 2.25. The van der Waals surface area contributed by atoms with E-state index >= 15 is 0 Å². The van der Waals surface area contributed by atoms with Crippen LogP contribution in [0.2, 0.25) is 5.02 Å². The molecule has 0 bridgehead atoms. The van der Waals surface area contributed by atoms with E-state index in [4.69, 9.17) is 11.6 Å². The van der Waals surface area contributed by atoms with Crippen molar-refractivity contribution in [1.82, 2.24) is 9.47 Å². The van der Waals surface area contributed by atoms with Crippen LogP contribution in [0.1, 0.15) is 6.42 Å². The van der Waals surface area contributed by atoms with Gasteiger partial charge in [0.05, 0.1) is 11.4 Å². The number of benzene rings is 2. The third-order valence-electron chi connectivity index (χ3n) is 4.70. The number of nitrogens with one attached hydrogen (secondary N) is 2. The first-order valence-corrected chi connectivity index (χ1v) is 9.37. The molecule has 2 amide bonds. The molecule has 1 aliphatic rings. The molecule has 6 heteroatoms. The topological polar surface area (TPSA) is 49.3 Å². The number of amides is 2. The maximum absolute atomic E-state index is 12.8. The number of carbonyl (C=O) groups is 1. The maximum atomic E-state index is 12.8. The minimum Gasteiger partial charge on any atom is -0.380 e. The van der Waals surface area contributed by atoms with Crippen LogP contribution in [0, 0.1) is 0 Å². The molecule has 1 atom stereocenters. The van der Waals surface area contributed by atoms with Gasteiger partial charge in [-0.05, 0) is 48.9 Å². The van der Waals surface area contributed by atoms with E-state index < -0.39 is 0 Å². The van der Waals surface area contributed by atoms with E-state index in [2.05, 4.69) is 10.6 Å². The Morgan fingerprint density at radius 1 is 1.04 bits per heavy atom. The van der Waals surface area contributed by atoms with Gasteiger partial charge < -0.3 is 20.1 Å². The Morgan fingerprint density at radius 2 is 1.81 bits per heavy atom. The number of hydrogen-bond donors (Lipinski definition) is 2. The minimum absolute atomic E-state index is 0.0944. The Morgan fingerprint density at radius 3 is 2.59 bits per heavy atom. The number of nitrogens with zero attached hydrogens (tertiary/aromatic N) is 2. The fraction of sp³-hybridized carbons (Fsp3) is 0.190. The predicted octanol–water partition coefficient (Wildman–Crippen LogP) is 4.85. The van der Waals surface area contributed by atoms with E-state index in [-0.39, 0.29) is 12.1 Å². The summed E-state index contributed by atoms with van der Waals surface area (Å²) in [5.41, 5.74) is 2.66. The largest absolute Gasteiger partial charge is 0.380 e. The van der Waals surface area contributed by atoms with Gasteiger partial charge in [-0.25, -0.2) is 4.79 Å². The molecule has 0 spiro atoms. The normalized spacial score (nSPS) is 16.3. The predicted molar refractivity (Wildman–Crippen MR) is 110 cm³/mol. The lowest BCUT2D eigenvalue weighted by molar-refractivity contribution is 0.222. The zero-order valence-corrected chi connectivity index (χ0v) is 15.6. The Hall–Kier alpha value is -2.92. The molecule has 1 aromatic heterocycles. The number of carbonyl (C=O) groups excluding carboxylic acids is 1. The summed E-state index contributed by atoms with van der Waals surface area (Å²) >= 11 is 6.15. The SMILES string of the molecule is O=C(Nc1ccc(Cl)cc1-n1cccc1)N1CC[C@H](Nc2ccccc2)C1. The molecule has 1 saturated heterocycles. The van der Waals surface area contributed by atoms with Crippen molar-refractivity contribution in [1.29, 1.82) is 0 Å². The molecule has 0 saturated carbocycles. The molecule has 3 aromatic rings.